The fourth-order valence-electron chi connectivity index (χ4n) is 1.53. The SMILES string of the molecule is Cn1cc(C(=O)Nc2ccccc2)c(C(=O)O)n1. The summed E-state index contributed by atoms with van der Waals surface area (Å²) in [5.41, 5.74) is 0.377. The normalized spacial score (nSPS) is 10.1. The Morgan fingerprint density at radius 2 is 1.94 bits per heavy atom. The molecule has 1 amide bonds. The zero-order valence-electron chi connectivity index (χ0n) is 9.62. The average molecular weight is 245 g/mol. The maximum Gasteiger partial charge on any atom is 0.357 e. The third-order valence-electron chi connectivity index (χ3n) is 2.31. The molecule has 0 radical (unpaired) electrons. The van der Waals surface area contributed by atoms with E-state index in [4.69, 9.17) is 5.11 Å². The summed E-state index contributed by atoms with van der Waals surface area (Å²) in [6, 6.07) is 8.81. The standard InChI is InChI=1S/C12H11N3O3/c1-15-7-9(10(14-15)12(17)18)11(16)13-8-5-3-2-4-6-8/h2-7H,1H3,(H,13,16)(H,17,18). The molecule has 0 atom stereocenters. The first kappa shape index (κ1) is 11.8. The monoisotopic (exact) mass is 245 g/mol. The molecule has 1 heterocycles. The number of carboxylic acid groups (broad SMARTS) is 1. The summed E-state index contributed by atoms with van der Waals surface area (Å²) in [4.78, 5) is 22.9. The van der Waals surface area contributed by atoms with Gasteiger partial charge in [0, 0.05) is 18.9 Å². The Hall–Kier alpha value is -2.63. The number of aryl methyl sites for hydroxylation is 1. The Bertz CT molecular complexity index is 590. The van der Waals surface area contributed by atoms with Gasteiger partial charge < -0.3 is 10.4 Å². The molecule has 18 heavy (non-hydrogen) atoms. The molecule has 0 aliphatic rings. The number of nitrogens with one attached hydrogen (secondary N) is 1. The Kier molecular flexibility index (Phi) is 3.09. The summed E-state index contributed by atoms with van der Waals surface area (Å²) in [6.45, 7) is 0. The summed E-state index contributed by atoms with van der Waals surface area (Å²) >= 11 is 0. The number of carbonyl (C=O) groups is 2. The lowest BCUT2D eigenvalue weighted by Gasteiger charge is -2.03. The van der Waals surface area contributed by atoms with Crippen molar-refractivity contribution in [3.8, 4) is 0 Å². The minimum Gasteiger partial charge on any atom is -0.476 e. The number of aromatic nitrogens is 2. The third-order valence-corrected chi connectivity index (χ3v) is 2.31. The van der Waals surface area contributed by atoms with Crippen LogP contribution in [-0.4, -0.2) is 26.8 Å². The van der Waals surface area contributed by atoms with Gasteiger partial charge in [-0.1, -0.05) is 18.2 Å². The first-order valence-electron chi connectivity index (χ1n) is 5.21. The van der Waals surface area contributed by atoms with Crippen LogP contribution in [0.4, 0.5) is 5.69 Å². The van der Waals surface area contributed by atoms with Gasteiger partial charge >= 0.3 is 5.97 Å². The van der Waals surface area contributed by atoms with Gasteiger partial charge in [0.15, 0.2) is 5.69 Å². The van der Waals surface area contributed by atoms with E-state index in [9.17, 15) is 9.59 Å². The van der Waals surface area contributed by atoms with Crippen molar-refractivity contribution in [1.82, 2.24) is 9.78 Å². The van der Waals surface area contributed by atoms with Gasteiger partial charge in [-0.25, -0.2) is 4.79 Å². The highest BCUT2D eigenvalue weighted by Gasteiger charge is 2.20. The Morgan fingerprint density at radius 3 is 2.56 bits per heavy atom. The molecule has 0 saturated carbocycles. The fourth-order valence-corrected chi connectivity index (χ4v) is 1.53. The molecule has 2 aromatic rings. The van der Waals surface area contributed by atoms with E-state index in [1.807, 2.05) is 6.07 Å². The molecule has 6 nitrogen and oxygen atoms in total. The number of rotatable bonds is 3. The van der Waals surface area contributed by atoms with E-state index >= 15 is 0 Å². The lowest BCUT2D eigenvalue weighted by Crippen LogP contribution is -2.15. The van der Waals surface area contributed by atoms with Crippen LogP contribution in [0.3, 0.4) is 0 Å². The molecule has 0 unspecified atom stereocenters. The second-order valence-corrected chi connectivity index (χ2v) is 3.69. The Morgan fingerprint density at radius 1 is 1.28 bits per heavy atom. The van der Waals surface area contributed by atoms with Crippen LogP contribution in [0.1, 0.15) is 20.8 Å². The number of hydrogen-bond acceptors (Lipinski definition) is 3. The van der Waals surface area contributed by atoms with E-state index in [0.717, 1.165) is 0 Å². The van der Waals surface area contributed by atoms with Crippen molar-refractivity contribution in [3.05, 3.63) is 47.8 Å². The minimum absolute atomic E-state index is 0.0360. The van der Waals surface area contributed by atoms with Gasteiger partial charge in [-0.2, -0.15) is 5.10 Å². The molecule has 0 aliphatic carbocycles. The zero-order chi connectivity index (χ0) is 13.1. The maximum atomic E-state index is 11.9. The molecule has 92 valence electrons. The number of carbonyl (C=O) groups excluding carboxylic acids is 1. The number of aromatic carboxylic acids is 1. The molecule has 0 bridgehead atoms. The number of carboxylic acids is 1. The molecular formula is C12H11N3O3. The fraction of sp³-hybridized carbons (Fsp3) is 0.0833. The summed E-state index contributed by atoms with van der Waals surface area (Å²) < 4.78 is 1.30. The number of amides is 1. The van der Waals surface area contributed by atoms with Crippen molar-refractivity contribution in [3.63, 3.8) is 0 Å². The predicted octanol–water partition coefficient (Wildman–Crippen LogP) is 1.37. The smallest absolute Gasteiger partial charge is 0.357 e. The van der Waals surface area contributed by atoms with E-state index in [1.54, 1.807) is 31.3 Å². The van der Waals surface area contributed by atoms with Gasteiger partial charge in [0.05, 0.1) is 5.56 Å². The lowest BCUT2D eigenvalue weighted by atomic mass is 10.2. The predicted molar refractivity (Wildman–Crippen MR) is 64.6 cm³/mol. The molecule has 1 aromatic heterocycles. The zero-order valence-corrected chi connectivity index (χ0v) is 9.62. The molecule has 2 N–H and O–H groups in total. The number of anilines is 1. The highest BCUT2D eigenvalue weighted by Crippen LogP contribution is 2.11. The van der Waals surface area contributed by atoms with Crippen molar-refractivity contribution in [2.75, 3.05) is 5.32 Å². The number of para-hydroxylation sites is 1. The van der Waals surface area contributed by atoms with Crippen LogP contribution >= 0.6 is 0 Å². The van der Waals surface area contributed by atoms with Gasteiger partial charge in [-0.15, -0.1) is 0 Å². The van der Waals surface area contributed by atoms with Gasteiger partial charge in [0.1, 0.15) is 0 Å². The molecule has 0 spiro atoms. The van der Waals surface area contributed by atoms with Crippen molar-refractivity contribution in [2.45, 2.75) is 0 Å². The average Bonchev–Trinajstić information content (AvgIpc) is 2.73. The minimum atomic E-state index is -1.23. The van der Waals surface area contributed by atoms with E-state index in [-0.39, 0.29) is 11.3 Å². The molecule has 6 heteroatoms. The quantitative estimate of drug-likeness (QED) is 0.855. The van der Waals surface area contributed by atoms with Gasteiger partial charge in [0.2, 0.25) is 0 Å². The second kappa shape index (κ2) is 4.70. The van der Waals surface area contributed by atoms with E-state index < -0.39 is 11.9 Å². The lowest BCUT2D eigenvalue weighted by molar-refractivity contribution is 0.0685. The summed E-state index contributed by atoms with van der Waals surface area (Å²) in [5.74, 6) is -1.72. The topological polar surface area (TPSA) is 84.2 Å². The van der Waals surface area contributed by atoms with Gasteiger partial charge in [-0.05, 0) is 12.1 Å². The highest BCUT2D eigenvalue weighted by atomic mass is 16.4. The van der Waals surface area contributed by atoms with Gasteiger partial charge in [0.25, 0.3) is 5.91 Å². The van der Waals surface area contributed by atoms with E-state index in [2.05, 4.69) is 10.4 Å². The van der Waals surface area contributed by atoms with Crippen molar-refractivity contribution < 1.29 is 14.7 Å². The summed E-state index contributed by atoms with van der Waals surface area (Å²) in [6.07, 6.45) is 1.38. The maximum absolute atomic E-state index is 11.9. The summed E-state index contributed by atoms with van der Waals surface area (Å²) in [7, 11) is 1.56. The number of nitrogens with zero attached hydrogens (tertiary/aromatic N) is 2. The molecule has 0 aliphatic heterocycles. The first-order chi connectivity index (χ1) is 8.58. The molecule has 1 aromatic carbocycles. The van der Waals surface area contributed by atoms with Crippen molar-refractivity contribution in [2.24, 2.45) is 7.05 Å². The number of hydrogen-bond donors (Lipinski definition) is 2. The molecular weight excluding hydrogens is 234 g/mol. The second-order valence-electron chi connectivity index (χ2n) is 3.69. The van der Waals surface area contributed by atoms with Crippen LogP contribution in [0, 0.1) is 0 Å². The third kappa shape index (κ3) is 2.37. The van der Waals surface area contributed by atoms with Crippen LogP contribution in [-0.2, 0) is 7.05 Å². The highest BCUT2D eigenvalue weighted by molar-refractivity contribution is 6.09. The molecule has 2 rings (SSSR count). The van der Waals surface area contributed by atoms with E-state index in [1.165, 1.54) is 10.9 Å². The number of benzene rings is 1. The van der Waals surface area contributed by atoms with Crippen LogP contribution < -0.4 is 5.32 Å². The van der Waals surface area contributed by atoms with Crippen LogP contribution in [0.25, 0.3) is 0 Å². The Balaban J connectivity index is 2.27. The van der Waals surface area contributed by atoms with Crippen LogP contribution in [0.15, 0.2) is 36.5 Å². The van der Waals surface area contributed by atoms with Crippen LogP contribution in [0.2, 0.25) is 0 Å². The largest absolute Gasteiger partial charge is 0.476 e. The van der Waals surface area contributed by atoms with Crippen molar-refractivity contribution >= 4 is 17.6 Å². The first-order valence-corrected chi connectivity index (χ1v) is 5.21. The van der Waals surface area contributed by atoms with Crippen LogP contribution in [0.5, 0.6) is 0 Å². The summed E-state index contributed by atoms with van der Waals surface area (Å²) in [5, 5.41) is 15.3. The Labute approximate surface area is 103 Å². The molecule has 0 fully saturated rings. The molecule has 0 saturated heterocycles. The van der Waals surface area contributed by atoms with Crippen molar-refractivity contribution in [1.29, 1.82) is 0 Å². The van der Waals surface area contributed by atoms with Gasteiger partial charge in [-0.3, -0.25) is 9.48 Å². The van der Waals surface area contributed by atoms with E-state index in [0.29, 0.717) is 5.69 Å².